The smallest absolute Gasteiger partial charge is 0.416 e. The highest BCUT2D eigenvalue weighted by Crippen LogP contribution is 2.34. The fourth-order valence-corrected chi connectivity index (χ4v) is 4.98. The Balaban J connectivity index is 0.00000294. The lowest BCUT2D eigenvalue weighted by Gasteiger charge is -2.16. The lowest BCUT2D eigenvalue weighted by atomic mass is 10.1. The van der Waals surface area contributed by atoms with Gasteiger partial charge < -0.3 is 4.74 Å². The van der Waals surface area contributed by atoms with E-state index in [1.165, 1.54) is 36.4 Å². The molecule has 0 aliphatic rings. The van der Waals surface area contributed by atoms with Crippen molar-refractivity contribution in [1.82, 2.24) is 14.7 Å². The summed E-state index contributed by atoms with van der Waals surface area (Å²) in [6.07, 6.45) is -4.50. The van der Waals surface area contributed by atoms with Gasteiger partial charge in [0.15, 0.2) is 5.03 Å². The number of ether oxygens (including phenoxy) is 1. The van der Waals surface area contributed by atoms with Gasteiger partial charge in [0, 0.05) is 14.1 Å². The van der Waals surface area contributed by atoms with Crippen molar-refractivity contribution >= 4 is 15.9 Å². The third-order valence-electron chi connectivity index (χ3n) is 5.78. The lowest BCUT2D eigenvalue weighted by Crippen LogP contribution is -2.31. The second-order valence-corrected chi connectivity index (χ2v) is 10.6. The quantitative estimate of drug-likeness (QED) is 0.279. The minimum atomic E-state index is -4.50. The first-order chi connectivity index (χ1) is 18.2. The third-order valence-corrected chi connectivity index (χ3v) is 7.01. The number of aromatic nitrogens is 2. The van der Waals surface area contributed by atoms with Crippen LogP contribution in [0.4, 0.5) is 13.2 Å². The molecular weight excluding hydrogens is 531 g/mol. The second kappa shape index (κ2) is 10.5. The Hall–Kier alpha value is -4.25. The third kappa shape index (κ3) is 6.26. The summed E-state index contributed by atoms with van der Waals surface area (Å²) < 4.78 is 72.8. The molecule has 0 saturated heterocycles. The number of nitrogens with one attached hydrogen (secondary N) is 1. The summed E-state index contributed by atoms with van der Waals surface area (Å²) >= 11 is 0. The van der Waals surface area contributed by atoms with Gasteiger partial charge in [-0.3, -0.25) is 4.79 Å². The highest BCUT2D eigenvalue weighted by molar-refractivity contribution is 7.90. The number of hydrogen-bond donors (Lipinski definition) is 1. The van der Waals surface area contributed by atoms with Gasteiger partial charge in [0.05, 0.1) is 11.3 Å². The maximum Gasteiger partial charge on any atom is 0.416 e. The van der Waals surface area contributed by atoms with Crippen molar-refractivity contribution in [3.8, 4) is 22.9 Å². The zero-order valence-corrected chi connectivity index (χ0v) is 22.2. The number of benzene rings is 2. The largest absolute Gasteiger partial charge is 0.438 e. The predicted molar refractivity (Wildman–Crippen MR) is 143 cm³/mol. The van der Waals surface area contributed by atoms with Crippen LogP contribution in [0.15, 0.2) is 71.8 Å². The van der Waals surface area contributed by atoms with E-state index in [1.807, 2.05) is 37.6 Å². The first-order valence-electron chi connectivity index (χ1n) is 11.7. The van der Waals surface area contributed by atoms with Crippen LogP contribution in [-0.4, -0.2) is 24.3 Å². The van der Waals surface area contributed by atoms with Gasteiger partial charge in [-0.2, -0.15) is 21.6 Å². The highest BCUT2D eigenvalue weighted by atomic mass is 32.2. The van der Waals surface area contributed by atoms with Gasteiger partial charge in [-0.1, -0.05) is 35.9 Å². The van der Waals surface area contributed by atoms with Crippen LogP contribution in [0, 0.1) is 27.7 Å². The molecule has 11 heteroatoms. The Labute approximate surface area is 226 Å². The zero-order chi connectivity index (χ0) is 28.5. The fraction of sp³-hybridized carbons (Fsp3) is 0.179. The standard InChI is InChI=1S/C28H24F3N3O4S.2H2/c1-16-14-17(2)25(18(3)15-16)38-27-22(26(35)34-39(36,37)24-7-5-6-19(4)32-24)12-13-23(33-27)20-8-10-21(11-9-20)28(29,30)31;;/h5-15H,1-4H3,(H,34,35);2*1H. The van der Waals surface area contributed by atoms with E-state index in [1.54, 1.807) is 13.0 Å². The van der Waals surface area contributed by atoms with E-state index in [4.69, 9.17) is 4.74 Å². The van der Waals surface area contributed by atoms with E-state index >= 15 is 0 Å². The molecule has 0 aliphatic carbocycles. The average Bonchev–Trinajstić information content (AvgIpc) is 2.85. The molecule has 0 spiro atoms. The minimum absolute atomic E-state index is 0. The number of alkyl halides is 3. The Morgan fingerprint density at radius 1 is 0.897 bits per heavy atom. The molecule has 1 N–H and O–H groups in total. The number of aryl methyl sites for hydroxylation is 4. The SMILES string of the molecule is Cc1cc(C)c(Oc2nc(-c3ccc(C(F)(F)F)cc3)ccc2C(=O)NS(=O)(=O)c2cccc(C)n2)c(C)c1.[HH].[HH]. The number of carbonyl (C=O) groups excluding carboxylic acids is 1. The van der Waals surface area contributed by atoms with E-state index in [0.717, 1.165) is 28.8 Å². The van der Waals surface area contributed by atoms with Gasteiger partial charge in [-0.15, -0.1) is 0 Å². The number of nitrogens with zero attached hydrogens (tertiary/aromatic N) is 2. The Morgan fingerprint density at radius 3 is 2.13 bits per heavy atom. The van der Waals surface area contributed by atoms with Crippen LogP contribution >= 0.6 is 0 Å². The summed E-state index contributed by atoms with van der Waals surface area (Å²) in [4.78, 5) is 21.6. The minimum Gasteiger partial charge on any atom is -0.438 e. The van der Waals surface area contributed by atoms with E-state index in [-0.39, 0.29) is 25.0 Å². The lowest BCUT2D eigenvalue weighted by molar-refractivity contribution is -0.137. The molecule has 0 aliphatic heterocycles. The molecule has 2 aromatic heterocycles. The van der Waals surface area contributed by atoms with E-state index < -0.39 is 27.7 Å². The van der Waals surface area contributed by atoms with Crippen LogP contribution in [0.1, 0.15) is 41.2 Å². The molecular formula is C28H28F3N3O4S. The summed E-state index contributed by atoms with van der Waals surface area (Å²) in [5.74, 6) is -0.815. The molecule has 2 aromatic carbocycles. The van der Waals surface area contributed by atoms with E-state index in [9.17, 15) is 26.4 Å². The van der Waals surface area contributed by atoms with Crippen molar-refractivity contribution < 1.29 is 34.0 Å². The van der Waals surface area contributed by atoms with Crippen molar-refractivity contribution in [2.75, 3.05) is 0 Å². The van der Waals surface area contributed by atoms with Gasteiger partial charge >= 0.3 is 6.18 Å². The summed E-state index contributed by atoms with van der Waals surface area (Å²) in [6.45, 7) is 7.14. The van der Waals surface area contributed by atoms with Crippen LogP contribution < -0.4 is 9.46 Å². The van der Waals surface area contributed by atoms with Crippen molar-refractivity contribution in [3.05, 3.63) is 100 Å². The molecule has 0 bridgehead atoms. The maximum atomic E-state index is 13.2. The van der Waals surface area contributed by atoms with Crippen molar-refractivity contribution in [3.63, 3.8) is 0 Å². The molecule has 206 valence electrons. The number of pyridine rings is 2. The molecule has 0 radical (unpaired) electrons. The summed E-state index contributed by atoms with van der Waals surface area (Å²) in [5.41, 5.74) is 2.48. The van der Waals surface area contributed by atoms with E-state index in [2.05, 4.69) is 9.97 Å². The number of carbonyl (C=O) groups is 1. The van der Waals surface area contributed by atoms with Crippen molar-refractivity contribution in [2.45, 2.75) is 38.9 Å². The molecule has 0 fully saturated rings. The van der Waals surface area contributed by atoms with Crippen LogP contribution in [0.2, 0.25) is 0 Å². The molecule has 0 saturated carbocycles. The summed E-state index contributed by atoms with van der Waals surface area (Å²) in [5, 5.41) is -0.335. The van der Waals surface area contributed by atoms with Gasteiger partial charge in [0.25, 0.3) is 15.9 Å². The average molecular weight is 560 g/mol. The normalized spacial score (nSPS) is 11.8. The van der Waals surface area contributed by atoms with Crippen molar-refractivity contribution in [1.29, 1.82) is 0 Å². The molecule has 4 rings (SSSR count). The fourth-order valence-electron chi connectivity index (χ4n) is 4.00. The zero-order valence-electron chi connectivity index (χ0n) is 21.4. The second-order valence-electron chi connectivity index (χ2n) is 9.01. The van der Waals surface area contributed by atoms with Gasteiger partial charge in [0.2, 0.25) is 5.88 Å². The van der Waals surface area contributed by atoms with Gasteiger partial charge in [0.1, 0.15) is 11.3 Å². The Morgan fingerprint density at radius 2 is 1.54 bits per heavy atom. The first-order valence-corrected chi connectivity index (χ1v) is 13.2. The highest BCUT2D eigenvalue weighted by Gasteiger charge is 2.30. The molecule has 4 aromatic rings. The van der Waals surface area contributed by atoms with Crippen LogP contribution in [0.5, 0.6) is 11.6 Å². The molecule has 7 nitrogen and oxygen atoms in total. The van der Waals surface area contributed by atoms with Crippen LogP contribution in [-0.2, 0) is 16.2 Å². The summed E-state index contributed by atoms with van der Waals surface area (Å²) in [7, 11) is -4.32. The topological polar surface area (TPSA) is 98.2 Å². The number of hydrogen-bond acceptors (Lipinski definition) is 6. The number of amides is 1. The van der Waals surface area contributed by atoms with Crippen LogP contribution in [0.25, 0.3) is 11.3 Å². The van der Waals surface area contributed by atoms with Gasteiger partial charge in [-0.25, -0.2) is 14.7 Å². The molecule has 1 amide bonds. The Kier molecular flexibility index (Phi) is 7.47. The number of halogens is 3. The maximum absolute atomic E-state index is 13.2. The monoisotopic (exact) mass is 559 g/mol. The van der Waals surface area contributed by atoms with Crippen LogP contribution in [0.3, 0.4) is 0 Å². The first kappa shape index (κ1) is 27.8. The molecule has 0 atom stereocenters. The predicted octanol–water partition coefficient (Wildman–Crippen LogP) is 6.80. The van der Waals surface area contributed by atoms with E-state index in [0.29, 0.717) is 17.0 Å². The number of sulfonamides is 1. The van der Waals surface area contributed by atoms with Crippen molar-refractivity contribution in [2.24, 2.45) is 0 Å². The molecule has 39 heavy (non-hydrogen) atoms. The summed E-state index contributed by atoms with van der Waals surface area (Å²) in [6, 6.07) is 15.2. The Bertz CT molecular complexity index is 1660. The van der Waals surface area contributed by atoms with Gasteiger partial charge in [-0.05, 0) is 75.2 Å². The molecule has 2 heterocycles. The molecule has 0 unspecified atom stereocenters. The number of rotatable bonds is 6.